The van der Waals surface area contributed by atoms with Gasteiger partial charge in [0.2, 0.25) is 0 Å². The summed E-state index contributed by atoms with van der Waals surface area (Å²) in [4.78, 5) is 28.4. The van der Waals surface area contributed by atoms with Gasteiger partial charge < -0.3 is 4.98 Å². The van der Waals surface area contributed by atoms with Crippen molar-refractivity contribution in [3.8, 4) is 0 Å². The summed E-state index contributed by atoms with van der Waals surface area (Å²) >= 11 is 2.94. The van der Waals surface area contributed by atoms with E-state index in [0.29, 0.717) is 5.75 Å². The number of aromatic nitrogens is 2. The minimum atomic E-state index is -0.422. The van der Waals surface area contributed by atoms with Crippen LogP contribution in [0.1, 0.15) is 5.56 Å². The maximum absolute atomic E-state index is 10.9. The smallest absolute Gasteiger partial charge is 0.271 e. The highest BCUT2D eigenvalue weighted by atomic mass is 32.2. The van der Waals surface area contributed by atoms with Gasteiger partial charge in [-0.15, -0.1) is 11.3 Å². The molecule has 8 nitrogen and oxygen atoms in total. The van der Waals surface area contributed by atoms with Crippen molar-refractivity contribution in [3.05, 3.63) is 68.4 Å². The number of nitro groups is 2. The number of rotatable bonds is 5. The van der Waals surface area contributed by atoms with Crippen LogP contribution in [0.4, 0.5) is 11.4 Å². The quantitative estimate of drug-likeness (QED) is 0.297. The first-order valence-corrected chi connectivity index (χ1v) is 9.23. The molecule has 0 aliphatic carbocycles. The fourth-order valence-corrected chi connectivity index (χ4v) is 4.71. The Kier molecular flexibility index (Phi) is 4.05. The van der Waals surface area contributed by atoms with E-state index in [1.165, 1.54) is 47.4 Å². The van der Waals surface area contributed by atoms with Crippen LogP contribution in [0.15, 0.2) is 46.9 Å². The molecule has 2 aromatic carbocycles. The van der Waals surface area contributed by atoms with Gasteiger partial charge in [0.15, 0.2) is 4.34 Å². The van der Waals surface area contributed by atoms with Gasteiger partial charge in [0.25, 0.3) is 11.4 Å². The van der Waals surface area contributed by atoms with Crippen molar-refractivity contribution in [2.75, 3.05) is 0 Å². The van der Waals surface area contributed by atoms with Gasteiger partial charge in [-0.3, -0.25) is 20.2 Å². The van der Waals surface area contributed by atoms with E-state index >= 15 is 0 Å². The fraction of sp³-hybridized carbons (Fsp3) is 0.0625. The van der Waals surface area contributed by atoms with E-state index in [1.807, 2.05) is 6.20 Å². The number of hydrogen-bond donors (Lipinski definition) is 1. The van der Waals surface area contributed by atoms with Crippen LogP contribution in [0.3, 0.4) is 0 Å². The highest BCUT2D eigenvalue weighted by molar-refractivity contribution is 8.00. The Balaban J connectivity index is 1.57. The topological polar surface area (TPSA) is 115 Å². The van der Waals surface area contributed by atoms with Crippen molar-refractivity contribution >= 4 is 55.6 Å². The molecule has 0 amide bonds. The number of H-pyrrole nitrogens is 1. The van der Waals surface area contributed by atoms with Gasteiger partial charge in [0.05, 0.1) is 25.6 Å². The highest BCUT2D eigenvalue weighted by Gasteiger charge is 2.13. The molecule has 0 saturated carbocycles. The van der Waals surface area contributed by atoms with Crippen LogP contribution < -0.4 is 0 Å². The Labute approximate surface area is 154 Å². The van der Waals surface area contributed by atoms with Crippen LogP contribution in [0.25, 0.3) is 21.1 Å². The van der Waals surface area contributed by atoms with Gasteiger partial charge in [-0.2, -0.15) is 0 Å². The van der Waals surface area contributed by atoms with Crippen molar-refractivity contribution in [2.45, 2.75) is 10.1 Å². The Hall–Kier alpha value is -2.98. The summed E-state index contributed by atoms with van der Waals surface area (Å²) in [7, 11) is 0. The monoisotopic (exact) mass is 386 g/mol. The summed E-state index contributed by atoms with van der Waals surface area (Å²) in [5.41, 5.74) is 2.57. The molecular formula is C16H10N4O4S2. The lowest BCUT2D eigenvalue weighted by atomic mass is 10.2. The molecule has 0 bridgehead atoms. The number of hydrogen-bond acceptors (Lipinski definition) is 7. The predicted octanol–water partition coefficient (Wildman–Crippen LogP) is 4.89. The van der Waals surface area contributed by atoms with Crippen LogP contribution in [0.2, 0.25) is 0 Å². The molecule has 0 aliphatic heterocycles. The molecule has 0 fully saturated rings. The Bertz CT molecular complexity index is 1170. The second-order valence-electron chi connectivity index (χ2n) is 5.48. The lowest BCUT2D eigenvalue weighted by molar-refractivity contribution is -0.384. The van der Waals surface area contributed by atoms with Crippen molar-refractivity contribution in [3.63, 3.8) is 0 Å². The molecule has 130 valence electrons. The van der Waals surface area contributed by atoms with E-state index in [-0.39, 0.29) is 11.4 Å². The highest BCUT2D eigenvalue weighted by Crippen LogP contribution is 2.35. The number of nitrogens with one attached hydrogen (secondary N) is 1. The molecule has 0 saturated heterocycles. The second kappa shape index (κ2) is 6.39. The van der Waals surface area contributed by atoms with Crippen molar-refractivity contribution in [1.82, 2.24) is 9.97 Å². The first kappa shape index (κ1) is 16.5. The Morgan fingerprint density at radius 2 is 1.81 bits per heavy atom. The van der Waals surface area contributed by atoms with Crippen molar-refractivity contribution in [1.29, 1.82) is 0 Å². The second-order valence-corrected chi connectivity index (χ2v) is 7.73. The summed E-state index contributed by atoms with van der Waals surface area (Å²) in [6.07, 6.45) is 1.83. The summed E-state index contributed by atoms with van der Waals surface area (Å²) in [6, 6.07) is 9.37. The van der Waals surface area contributed by atoms with Crippen molar-refractivity contribution < 1.29 is 9.85 Å². The number of non-ortho nitro benzene ring substituents is 2. The minimum Gasteiger partial charge on any atom is -0.361 e. The average molecular weight is 386 g/mol. The predicted molar refractivity (Wildman–Crippen MR) is 101 cm³/mol. The molecule has 2 aromatic heterocycles. The molecule has 26 heavy (non-hydrogen) atoms. The third kappa shape index (κ3) is 3.00. The molecule has 4 rings (SSSR count). The van der Waals surface area contributed by atoms with E-state index in [9.17, 15) is 20.2 Å². The first-order valence-electron chi connectivity index (χ1n) is 7.43. The van der Waals surface area contributed by atoms with Gasteiger partial charge in [-0.25, -0.2) is 4.98 Å². The average Bonchev–Trinajstić information content (AvgIpc) is 3.21. The molecule has 10 heteroatoms. The first-order chi connectivity index (χ1) is 12.5. The molecule has 0 aliphatic rings. The molecule has 2 heterocycles. The number of fused-ring (bicyclic) bond motifs is 2. The van der Waals surface area contributed by atoms with E-state index in [2.05, 4.69) is 9.97 Å². The van der Waals surface area contributed by atoms with Gasteiger partial charge in [0, 0.05) is 41.6 Å². The Morgan fingerprint density at radius 3 is 2.58 bits per heavy atom. The summed E-state index contributed by atoms with van der Waals surface area (Å²) in [5, 5.41) is 22.6. The molecule has 4 aromatic rings. The molecule has 0 atom stereocenters. The molecular weight excluding hydrogens is 376 g/mol. The summed E-state index contributed by atoms with van der Waals surface area (Å²) in [5.74, 6) is 0.639. The van der Waals surface area contributed by atoms with Gasteiger partial charge in [-0.1, -0.05) is 11.8 Å². The van der Waals surface area contributed by atoms with Crippen LogP contribution in [0.5, 0.6) is 0 Å². The zero-order chi connectivity index (χ0) is 18.3. The van der Waals surface area contributed by atoms with Crippen LogP contribution >= 0.6 is 23.1 Å². The summed E-state index contributed by atoms with van der Waals surface area (Å²) < 4.78 is 1.59. The van der Waals surface area contributed by atoms with Crippen LogP contribution in [-0.4, -0.2) is 19.8 Å². The van der Waals surface area contributed by atoms with E-state index < -0.39 is 9.85 Å². The van der Waals surface area contributed by atoms with E-state index in [0.717, 1.165) is 31.0 Å². The number of benzene rings is 2. The normalized spacial score (nSPS) is 11.2. The third-order valence-electron chi connectivity index (χ3n) is 3.88. The number of aromatic amines is 1. The molecule has 1 N–H and O–H groups in total. The molecule has 0 radical (unpaired) electrons. The zero-order valence-corrected chi connectivity index (χ0v) is 14.7. The largest absolute Gasteiger partial charge is 0.361 e. The standard InChI is InChI=1S/C16H10N4O4S2/c21-19(22)10-1-3-12-9(7-17-14(12)5-10)8-25-16-18-13-4-2-11(20(23)24)6-15(13)26-16/h1-7,17H,8H2. The number of thiazole rings is 1. The number of nitro benzene ring substituents is 2. The SMILES string of the molecule is O=[N+]([O-])c1ccc2c(CSc3nc4ccc([N+](=O)[O-])cc4s3)c[nH]c2c1. The molecule has 0 unspecified atom stereocenters. The van der Waals surface area contributed by atoms with Crippen LogP contribution in [0, 0.1) is 20.2 Å². The molecule has 0 spiro atoms. The number of thioether (sulfide) groups is 1. The maximum Gasteiger partial charge on any atom is 0.271 e. The number of nitrogens with zero attached hydrogens (tertiary/aromatic N) is 3. The van der Waals surface area contributed by atoms with E-state index in [1.54, 1.807) is 12.1 Å². The van der Waals surface area contributed by atoms with Gasteiger partial charge >= 0.3 is 0 Å². The van der Waals surface area contributed by atoms with Gasteiger partial charge in [-0.05, 0) is 17.7 Å². The minimum absolute atomic E-state index is 0.0475. The van der Waals surface area contributed by atoms with Crippen molar-refractivity contribution in [2.24, 2.45) is 0 Å². The fourth-order valence-electron chi connectivity index (χ4n) is 2.61. The third-order valence-corrected chi connectivity index (χ3v) is 6.09. The van der Waals surface area contributed by atoms with E-state index in [4.69, 9.17) is 0 Å². The van der Waals surface area contributed by atoms with Crippen LogP contribution in [-0.2, 0) is 5.75 Å². The lowest BCUT2D eigenvalue weighted by Crippen LogP contribution is -1.87. The maximum atomic E-state index is 10.9. The summed E-state index contributed by atoms with van der Waals surface area (Å²) in [6.45, 7) is 0. The Morgan fingerprint density at radius 1 is 1.08 bits per heavy atom. The zero-order valence-electron chi connectivity index (χ0n) is 13.0. The lowest BCUT2D eigenvalue weighted by Gasteiger charge is -1.97. The van der Waals surface area contributed by atoms with Gasteiger partial charge in [0.1, 0.15) is 0 Å².